The summed E-state index contributed by atoms with van der Waals surface area (Å²) in [5, 5.41) is 13.2. The average molecular weight is 585 g/mol. The number of hydrogen-bond donors (Lipinski definition) is 3. The number of nitrogens with one attached hydrogen (secondary N) is 1. The Bertz CT molecular complexity index is 1000. The van der Waals surface area contributed by atoms with Crippen LogP contribution in [0.4, 0.5) is 4.79 Å². The molecule has 0 heterocycles. The maximum atomic E-state index is 11.4. The van der Waals surface area contributed by atoms with Crippen molar-refractivity contribution >= 4 is 18.0 Å². The molecule has 4 N–H and O–H groups in total. The Balaban J connectivity index is 4.51. The number of allylic oxidation sites excluding steroid dienone is 10. The van der Waals surface area contributed by atoms with Crippen molar-refractivity contribution in [3.8, 4) is 0 Å². The van der Waals surface area contributed by atoms with E-state index in [1.54, 1.807) is 38.3 Å². The molecule has 0 saturated carbocycles. The summed E-state index contributed by atoms with van der Waals surface area (Å²) in [6.07, 6.45) is 25.5. The lowest BCUT2D eigenvalue weighted by molar-refractivity contribution is -0.137. The van der Waals surface area contributed by atoms with Gasteiger partial charge in [-0.1, -0.05) is 66.7 Å². The monoisotopic (exact) mass is 584 g/mol. The van der Waals surface area contributed by atoms with Crippen molar-refractivity contribution in [2.24, 2.45) is 11.7 Å². The number of aliphatic hydroxyl groups excluding tert-OH is 1. The predicted molar refractivity (Wildman–Crippen MR) is 170 cm³/mol. The van der Waals surface area contributed by atoms with Gasteiger partial charge in [0.1, 0.15) is 12.2 Å². The number of rotatable bonds is 21. The number of amides is 2. The zero-order chi connectivity index (χ0) is 31.6. The van der Waals surface area contributed by atoms with Crippen LogP contribution in [0, 0.1) is 5.92 Å². The van der Waals surface area contributed by atoms with Crippen LogP contribution in [-0.4, -0.2) is 41.9 Å². The summed E-state index contributed by atoms with van der Waals surface area (Å²) in [5.74, 6) is -0.0816. The molecule has 8 heteroatoms. The Morgan fingerprint density at radius 1 is 0.976 bits per heavy atom. The van der Waals surface area contributed by atoms with E-state index in [4.69, 9.17) is 15.2 Å². The zero-order valence-corrected chi connectivity index (χ0v) is 26.1. The first-order valence-corrected chi connectivity index (χ1v) is 14.8. The minimum absolute atomic E-state index is 0.145. The van der Waals surface area contributed by atoms with Gasteiger partial charge in [0.2, 0.25) is 5.91 Å². The topological polar surface area (TPSA) is 128 Å². The molecule has 0 aliphatic rings. The van der Waals surface area contributed by atoms with Gasteiger partial charge in [-0.15, -0.1) is 0 Å². The largest absolute Gasteiger partial charge is 0.463 e. The van der Waals surface area contributed by atoms with Gasteiger partial charge in [0, 0.05) is 12.3 Å². The number of unbranched alkanes of at least 4 members (excludes halogenated alkanes) is 3. The van der Waals surface area contributed by atoms with Crippen molar-refractivity contribution in [1.82, 2.24) is 5.32 Å². The van der Waals surface area contributed by atoms with Crippen LogP contribution in [0.3, 0.4) is 0 Å². The minimum atomic E-state index is -0.941. The van der Waals surface area contributed by atoms with E-state index in [0.29, 0.717) is 25.4 Å². The summed E-state index contributed by atoms with van der Waals surface area (Å²) in [4.78, 5) is 34.0. The Morgan fingerprint density at radius 3 is 2.36 bits per heavy atom. The van der Waals surface area contributed by atoms with Gasteiger partial charge in [-0.3, -0.25) is 4.79 Å². The Morgan fingerprint density at radius 2 is 1.69 bits per heavy atom. The highest BCUT2D eigenvalue weighted by Crippen LogP contribution is 2.16. The third-order valence-electron chi connectivity index (χ3n) is 6.08. The van der Waals surface area contributed by atoms with E-state index in [9.17, 15) is 19.5 Å². The van der Waals surface area contributed by atoms with Crippen LogP contribution in [0.5, 0.6) is 0 Å². The Labute approximate surface area is 252 Å². The number of aliphatic hydroxyl groups is 1. The summed E-state index contributed by atoms with van der Waals surface area (Å²) >= 11 is 0. The maximum absolute atomic E-state index is 11.4. The van der Waals surface area contributed by atoms with Gasteiger partial charge in [0.15, 0.2) is 0 Å². The summed E-state index contributed by atoms with van der Waals surface area (Å²) in [6.45, 7) is 10.2. The third-order valence-corrected chi connectivity index (χ3v) is 6.08. The predicted octanol–water partition coefficient (Wildman–Crippen LogP) is 6.90. The zero-order valence-electron chi connectivity index (χ0n) is 26.1. The van der Waals surface area contributed by atoms with Crippen LogP contribution >= 0.6 is 0 Å². The molecule has 0 aromatic carbocycles. The highest BCUT2D eigenvalue weighted by atomic mass is 16.6. The molecule has 3 atom stereocenters. The van der Waals surface area contributed by atoms with Crippen molar-refractivity contribution in [1.29, 1.82) is 0 Å². The molecule has 0 rings (SSSR count). The number of primary amides is 1. The number of nitrogens with two attached hydrogens (primary N) is 1. The van der Waals surface area contributed by atoms with Gasteiger partial charge < -0.3 is 25.6 Å². The maximum Gasteiger partial charge on any atom is 0.404 e. The molecule has 234 valence electrons. The van der Waals surface area contributed by atoms with Crippen LogP contribution < -0.4 is 11.1 Å². The van der Waals surface area contributed by atoms with Crippen molar-refractivity contribution in [2.75, 3.05) is 6.61 Å². The first-order valence-electron chi connectivity index (χ1n) is 14.8. The van der Waals surface area contributed by atoms with Crippen molar-refractivity contribution in [3.05, 3.63) is 84.2 Å². The fourth-order valence-corrected chi connectivity index (χ4v) is 3.87. The van der Waals surface area contributed by atoms with Crippen molar-refractivity contribution in [3.63, 3.8) is 0 Å². The lowest BCUT2D eigenvalue weighted by atomic mass is 9.99. The van der Waals surface area contributed by atoms with E-state index in [2.05, 4.69) is 31.3 Å². The number of esters is 1. The van der Waals surface area contributed by atoms with E-state index in [0.717, 1.165) is 44.1 Å². The molecular formula is C34H52N2O6. The van der Waals surface area contributed by atoms with Gasteiger partial charge in [0.05, 0.1) is 6.61 Å². The minimum Gasteiger partial charge on any atom is -0.463 e. The van der Waals surface area contributed by atoms with E-state index in [1.807, 2.05) is 31.2 Å². The highest BCUT2D eigenvalue weighted by molar-refractivity contribution is 5.88. The van der Waals surface area contributed by atoms with Gasteiger partial charge >= 0.3 is 12.1 Å². The number of carbonyl (C=O) groups is 3. The molecule has 0 aliphatic heterocycles. The molecule has 0 fully saturated rings. The van der Waals surface area contributed by atoms with Gasteiger partial charge in [-0.05, 0) is 97.1 Å². The lowest BCUT2D eigenvalue weighted by Gasteiger charge is -2.19. The van der Waals surface area contributed by atoms with Gasteiger partial charge in [-0.2, -0.15) is 0 Å². The number of ether oxygens (including phenoxy) is 2. The molecule has 0 aliphatic carbocycles. The summed E-state index contributed by atoms with van der Waals surface area (Å²) < 4.78 is 9.97. The molecule has 0 saturated heterocycles. The van der Waals surface area contributed by atoms with Gasteiger partial charge in [0.25, 0.3) is 0 Å². The Kier molecular flexibility index (Phi) is 22.9. The molecule has 0 unspecified atom stereocenters. The quantitative estimate of drug-likeness (QED) is 0.0443. The fraction of sp³-hybridized carbons (Fsp3) is 0.500. The first kappa shape index (κ1) is 38.4. The van der Waals surface area contributed by atoms with Crippen LogP contribution in [0.1, 0.15) is 86.0 Å². The van der Waals surface area contributed by atoms with E-state index >= 15 is 0 Å². The van der Waals surface area contributed by atoms with E-state index in [1.165, 1.54) is 17.7 Å². The van der Waals surface area contributed by atoms with E-state index < -0.39 is 18.3 Å². The molecule has 0 radical (unpaired) electrons. The van der Waals surface area contributed by atoms with Crippen molar-refractivity contribution < 1.29 is 29.0 Å². The normalized spacial score (nSPS) is 15.2. The second-order valence-electron chi connectivity index (χ2n) is 10.1. The van der Waals surface area contributed by atoms with Crippen LogP contribution in [0.25, 0.3) is 0 Å². The molecule has 42 heavy (non-hydrogen) atoms. The number of hydrogen-bond acceptors (Lipinski definition) is 6. The standard InChI is InChI=1S/C34H52N2O6/c1-6-17-32(38)36-25-24-29(5)26-28(4)23-22-27(3)18-13-12-15-20-31(42-34(35)40)30(37)19-14-10-8-9-11-16-21-33(39)41-7-2/h6,12-14,16-19,21,24-26,28,30-31,37H,7-11,15,20,22-23H2,1-5H3,(H2,35,40)(H,36,38)/b13-12+,17-6+,19-14+,21-16+,25-24+,27-18+,29-26+/t28-,30-,31-/m0/s1. The highest BCUT2D eigenvalue weighted by Gasteiger charge is 2.19. The smallest absolute Gasteiger partial charge is 0.404 e. The SMILES string of the molecule is C/C=C/C(=O)N/C=C/C(C)=C/[C@@H](C)CC/C(C)=C/C=C/CC[C@H](OC(N)=O)[C@@H](O)/C=C/CCCC/C=C/C(=O)OCC. The molecule has 0 aromatic heterocycles. The molecule has 2 amide bonds. The van der Waals surface area contributed by atoms with Crippen LogP contribution in [0.2, 0.25) is 0 Å². The number of carbonyl (C=O) groups excluding carboxylic acids is 3. The third kappa shape index (κ3) is 23.1. The van der Waals surface area contributed by atoms with Crippen molar-refractivity contribution in [2.45, 2.75) is 98.2 Å². The second-order valence-corrected chi connectivity index (χ2v) is 10.1. The second kappa shape index (κ2) is 25.1. The van der Waals surface area contributed by atoms with Crippen LogP contribution in [-0.2, 0) is 19.1 Å². The average Bonchev–Trinajstić information content (AvgIpc) is 2.92. The van der Waals surface area contributed by atoms with Crippen LogP contribution in [0.15, 0.2) is 84.2 Å². The molecule has 8 nitrogen and oxygen atoms in total. The lowest BCUT2D eigenvalue weighted by Crippen LogP contribution is -2.32. The molecular weight excluding hydrogens is 532 g/mol. The molecule has 0 aromatic rings. The fourth-order valence-electron chi connectivity index (χ4n) is 3.87. The van der Waals surface area contributed by atoms with Gasteiger partial charge in [-0.25, -0.2) is 9.59 Å². The first-order chi connectivity index (χ1) is 20.1. The van der Waals surface area contributed by atoms with E-state index in [-0.39, 0.29) is 11.9 Å². The Hall–Kier alpha value is -3.65. The summed E-state index contributed by atoms with van der Waals surface area (Å²) in [6, 6.07) is 0. The molecule has 0 bridgehead atoms. The summed E-state index contributed by atoms with van der Waals surface area (Å²) in [5.41, 5.74) is 7.55. The summed E-state index contributed by atoms with van der Waals surface area (Å²) in [7, 11) is 0. The molecule has 0 spiro atoms.